The quantitative estimate of drug-likeness (QED) is 0.638. The van der Waals surface area contributed by atoms with Crippen molar-refractivity contribution in [1.29, 1.82) is 0 Å². The Morgan fingerprint density at radius 2 is 1.69 bits per heavy atom. The molecular weight excluding hydrogens is 396 g/mol. The topological polar surface area (TPSA) is 119 Å². The van der Waals surface area contributed by atoms with Crippen LogP contribution in [0.3, 0.4) is 0 Å². The molecule has 0 unspecified atom stereocenters. The second kappa shape index (κ2) is 9.87. The molecule has 1 aromatic carbocycles. The minimum Gasteiger partial charge on any atom is -0.443 e. The molecule has 0 spiro atoms. The van der Waals surface area contributed by atoms with Crippen LogP contribution < -0.4 is 20.9 Å². The zero-order valence-electron chi connectivity index (χ0n) is 16.7. The fourth-order valence-electron chi connectivity index (χ4n) is 2.16. The number of carbonyl (C=O) groups is 3. The number of aryl methyl sites for hydroxylation is 2. The summed E-state index contributed by atoms with van der Waals surface area (Å²) in [5.74, 6) is 0.186. The predicted octanol–water partition coefficient (Wildman–Crippen LogP) is 3.41. The Kier molecular flexibility index (Phi) is 7.54. The molecule has 156 valence electrons. The average Bonchev–Trinajstić information content (AvgIpc) is 3.04. The summed E-state index contributed by atoms with van der Waals surface area (Å²) in [4.78, 5) is 38.6. The van der Waals surface area contributed by atoms with Gasteiger partial charge in [0, 0.05) is 12.3 Å². The van der Waals surface area contributed by atoms with Gasteiger partial charge in [-0.15, -0.1) is 11.3 Å². The van der Waals surface area contributed by atoms with Gasteiger partial charge in [0.05, 0.1) is 5.69 Å². The van der Waals surface area contributed by atoms with Crippen molar-refractivity contribution in [1.82, 2.24) is 15.8 Å². The number of rotatable bonds is 5. The largest absolute Gasteiger partial charge is 0.443 e. The van der Waals surface area contributed by atoms with Crippen molar-refractivity contribution in [2.75, 3.05) is 5.32 Å². The molecule has 0 aliphatic carbocycles. The highest BCUT2D eigenvalue weighted by Gasteiger charge is 2.16. The van der Waals surface area contributed by atoms with Gasteiger partial charge in [-0.3, -0.25) is 4.79 Å². The Hall–Kier alpha value is -3.14. The first kappa shape index (κ1) is 22.2. The third kappa shape index (κ3) is 8.60. The molecule has 0 saturated heterocycles. The van der Waals surface area contributed by atoms with Crippen LogP contribution in [-0.4, -0.2) is 28.7 Å². The van der Waals surface area contributed by atoms with Gasteiger partial charge in [-0.25, -0.2) is 25.4 Å². The summed E-state index contributed by atoms with van der Waals surface area (Å²) in [5.41, 5.74) is 5.48. The molecule has 2 aromatic rings. The van der Waals surface area contributed by atoms with Gasteiger partial charge in [-0.1, -0.05) is 12.1 Å². The molecule has 0 bridgehead atoms. The first-order chi connectivity index (χ1) is 13.6. The van der Waals surface area contributed by atoms with Crippen LogP contribution in [0, 0.1) is 0 Å². The number of ether oxygens (including phenoxy) is 2. The van der Waals surface area contributed by atoms with Crippen LogP contribution in [0.4, 0.5) is 14.7 Å². The molecule has 29 heavy (non-hydrogen) atoms. The standard InChI is InChI=1S/C19H24N4O5S/c1-12(24)20-16-21-14(11-29-16)8-5-13-6-9-15(10-7-13)27-17(25)22-23-18(26)28-19(2,3)4/h6-7,9-11H,5,8H2,1-4H3,(H,22,25)(H,23,26)(H,20,21,24). The second-order valence-corrected chi connectivity index (χ2v) is 7.97. The Morgan fingerprint density at radius 1 is 1.03 bits per heavy atom. The van der Waals surface area contributed by atoms with E-state index >= 15 is 0 Å². The van der Waals surface area contributed by atoms with Crippen molar-refractivity contribution in [3.05, 3.63) is 40.9 Å². The molecular formula is C19H24N4O5S. The highest BCUT2D eigenvalue weighted by Crippen LogP contribution is 2.18. The number of nitrogens with one attached hydrogen (secondary N) is 3. The van der Waals surface area contributed by atoms with E-state index in [0.29, 0.717) is 10.9 Å². The number of thiazole rings is 1. The summed E-state index contributed by atoms with van der Waals surface area (Å²) < 4.78 is 10.1. The summed E-state index contributed by atoms with van der Waals surface area (Å²) in [5, 5.41) is 5.15. The number of hydrogen-bond donors (Lipinski definition) is 3. The molecule has 0 radical (unpaired) electrons. The molecule has 9 nitrogen and oxygen atoms in total. The Morgan fingerprint density at radius 3 is 2.31 bits per heavy atom. The van der Waals surface area contributed by atoms with Gasteiger partial charge in [0.25, 0.3) is 0 Å². The highest BCUT2D eigenvalue weighted by atomic mass is 32.1. The highest BCUT2D eigenvalue weighted by molar-refractivity contribution is 7.13. The van der Waals surface area contributed by atoms with Crippen LogP contribution in [0.15, 0.2) is 29.6 Å². The van der Waals surface area contributed by atoms with E-state index in [4.69, 9.17) is 9.47 Å². The van der Waals surface area contributed by atoms with Crippen LogP contribution in [0.25, 0.3) is 0 Å². The van der Waals surface area contributed by atoms with Crippen molar-refractivity contribution >= 4 is 34.6 Å². The summed E-state index contributed by atoms with van der Waals surface area (Å²) in [6.07, 6.45) is -0.156. The maximum atomic E-state index is 11.7. The van der Waals surface area contributed by atoms with E-state index in [2.05, 4.69) is 21.2 Å². The van der Waals surface area contributed by atoms with Crippen molar-refractivity contribution in [3.8, 4) is 5.75 Å². The number of carbonyl (C=O) groups excluding carboxylic acids is 3. The number of hydrazine groups is 1. The molecule has 1 heterocycles. The fourth-order valence-corrected chi connectivity index (χ4v) is 2.96. The lowest BCUT2D eigenvalue weighted by Crippen LogP contribution is -2.45. The van der Waals surface area contributed by atoms with E-state index in [9.17, 15) is 14.4 Å². The Labute approximate surface area is 172 Å². The van der Waals surface area contributed by atoms with E-state index < -0.39 is 17.8 Å². The zero-order chi connectivity index (χ0) is 21.4. The number of anilines is 1. The van der Waals surface area contributed by atoms with E-state index in [-0.39, 0.29) is 5.91 Å². The predicted molar refractivity (Wildman–Crippen MR) is 109 cm³/mol. The molecule has 0 aliphatic rings. The van der Waals surface area contributed by atoms with Crippen molar-refractivity contribution < 1.29 is 23.9 Å². The van der Waals surface area contributed by atoms with Crippen LogP contribution in [0.5, 0.6) is 5.75 Å². The van der Waals surface area contributed by atoms with Crippen molar-refractivity contribution in [2.24, 2.45) is 0 Å². The second-order valence-electron chi connectivity index (χ2n) is 7.11. The first-order valence-corrected chi connectivity index (χ1v) is 9.76. The molecule has 0 aliphatic heterocycles. The number of benzene rings is 1. The SMILES string of the molecule is CC(=O)Nc1nc(CCc2ccc(OC(=O)NNC(=O)OC(C)(C)C)cc2)cs1. The fraction of sp³-hybridized carbons (Fsp3) is 0.368. The number of hydrogen-bond acceptors (Lipinski definition) is 7. The van der Waals surface area contributed by atoms with Crippen LogP contribution in [0.2, 0.25) is 0 Å². The van der Waals surface area contributed by atoms with Gasteiger partial charge in [-0.05, 0) is 51.3 Å². The lowest BCUT2D eigenvalue weighted by Gasteiger charge is -2.19. The normalized spacial score (nSPS) is 10.8. The van der Waals surface area contributed by atoms with Crippen LogP contribution in [-0.2, 0) is 22.4 Å². The maximum absolute atomic E-state index is 11.7. The van der Waals surface area contributed by atoms with Gasteiger partial charge in [0.1, 0.15) is 11.4 Å². The molecule has 3 amide bonds. The molecule has 3 N–H and O–H groups in total. The van der Waals surface area contributed by atoms with E-state index in [1.807, 2.05) is 17.5 Å². The molecule has 2 rings (SSSR count). The third-order valence-corrected chi connectivity index (χ3v) is 4.11. The van der Waals surface area contributed by atoms with Gasteiger partial charge in [0.2, 0.25) is 5.91 Å². The zero-order valence-corrected chi connectivity index (χ0v) is 17.5. The maximum Gasteiger partial charge on any atom is 0.431 e. The van der Waals surface area contributed by atoms with Crippen LogP contribution >= 0.6 is 11.3 Å². The smallest absolute Gasteiger partial charge is 0.431 e. The first-order valence-electron chi connectivity index (χ1n) is 8.88. The number of aromatic nitrogens is 1. The molecule has 1 aromatic heterocycles. The lowest BCUT2D eigenvalue weighted by atomic mass is 10.1. The summed E-state index contributed by atoms with van der Waals surface area (Å²) in [7, 11) is 0. The molecule has 0 fully saturated rings. The molecule has 0 saturated carbocycles. The van der Waals surface area contributed by atoms with Gasteiger partial charge >= 0.3 is 12.2 Å². The summed E-state index contributed by atoms with van der Waals surface area (Å²) in [6, 6.07) is 6.99. The van der Waals surface area contributed by atoms with Gasteiger partial charge < -0.3 is 14.8 Å². The van der Waals surface area contributed by atoms with Crippen molar-refractivity contribution in [3.63, 3.8) is 0 Å². The lowest BCUT2D eigenvalue weighted by molar-refractivity contribution is -0.114. The van der Waals surface area contributed by atoms with E-state index in [1.54, 1.807) is 32.9 Å². The minimum absolute atomic E-state index is 0.146. The van der Waals surface area contributed by atoms with E-state index in [1.165, 1.54) is 18.3 Å². The van der Waals surface area contributed by atoms with Gasteiger partial charge in [0.15, 0.2) is 5.13 Å². The number of nitrogens with zero attached hydrogens (tertiary/aromatic N) is 1. The van der Waals surface area contributed by atoms with Gasteiger partial charge in [-0.2, -0.15) is 0 Å². The molecule has 0 atom stereocenters. The Bertz CT molecular complexity index is 858. The van der Waals surface area contributed by atoms with Crippen molar-refractivity contribution in [2.45, 2.75) is 46.1 Å². The Balaban J connectivity index is 1.76. The van der Waals surface area contributed by atoms with Crippen LogP contribution in [0.1, 0.15) is 39.0 Å². The summed E-state index contributed by atoms with van der Waals surface area (Å²) in [6.45, 7) is 6.58. The monoisotopic (exact) mass is 420 g/mol. The minimum atomic E-state index is -0.836. The number of amides is 3. The average molecular weight is 420 g/mol. The van der Waals surface area contributed by atoms with E-state index in [0.717, 1.165) is 24.1 Å². The molecule has 10 heteroatoms. The third-order valence-electron chi connectivity index (χ3n) is 3.30. The summed E-state index contributed by atoms with van der Waals surface area (Å²) >= 11 is 1.39.